The summed E-state index contributed by atoms with van der Waals surface area (Å²) < 4.78 is 5.65. The molecular weight excluding hydrogens is 338 g/mol. The SMILES string of the molecule is CC(C)c1nc2cc(NC(=O)[C@@H](C)NC(=O)c3cccs3)ccc2o1. The second kappa shape index (κ2) is 7.06. The Labute approximate surface area is 149 Å². The molecule has 0 aliphatic heterocycles. The van der Waals surface area contributed by atoms with Gasteiger partial charge in [-0.05, 0) is 36.6 Å². The van der Waals surface area contributed by atoms with Crippen molar-refractivity contribution >= 4 is 39.9 Å². The summed E-state index contributed by atoms with van der Waals surface area (Å²) in [6.07, 6.45) is 0. The molecule has 0 aliphatic rings. The normalized spacial score (nSPS) is 12.3. The van der Waals surface area contributed by atoms with E-state index < -0.39 is 6.04 Å². The van der Waals surface area contributed by atoms with Gasteiger partial charge in [-0.1, -0.05) is 19.9 Å². The van der Waals surface area contributed by atoms with Gasteiger partial charge in [-0.25, -0.2) is 4.98 Å². The van der Waals surface area contributed by atoms with Gasteiger partial charge in [-0.3, -0.25) is 9.59 Å². The predicted octanol–water partition coefficient (Wildman–Crippen LogP) is 3.77. The topological polar surface area (TPSA) is 84.2 Å². The Hall–Kier alpha value is -2.67. The smallest absolute Gasteiger partial charge is 0.261 e. The Bertz CT molecular complexity index is 900. The summed E-state index contributed by atoms with van der Waals surface area (Å²) in [6.45, 7) is 5.66. The summed E-state index contributed by atoms with van der Waals surface area (Å²) in [7, 11) is 0. The first-order valence-electron chi connectivity index (χ1n) is 7.99. The minimum atomic E-state index is -0.658. The zero-order valence-corrected chi connectivity index (χ0v) is 15.0. The summed E-state index contributed by atoms with van der Waals surface area (Å²) in [5.41, 5.74) is 1.98. The fourth-order valence-electron chi connectivity index (χ4n) is 2.26. The molecule has 6 nitrogen and oxygen atoms in total. The van der Waals surface area contributed by atoms with Gasteiger partial charge in [-0.15, -0.1) is 11.3 Å². The van der Waals surface area contributed by atoms with Crippen molar-refractivity contribution in [3.63, 3.8) is 0 Å². The molecule has 7 heteroatoms. The highest BCUT2D eigenvalue weighted by atomic mass is 32.1. The van der Waals surface area contributed by atoms with E-state index in [1.165, 1.54) is 11.3 Å². The predicted molar refractivity (Wildman–Crippen MR) is 98.0 cm³/mol. The Morgan fingerprint density at radius 2 is 2.00 bits per heavy atom. The molecule has 0 fully saturated rings. The number of nitrogens with one attached hydrogen (secondary N) is 2. The van der Waals surface area contributed by atoms with Crippen LogP contribution < -0.4 is 10.6 Å². The number of hydrogen-bond donors (Lipinski definition) is 2. The van der Waals surface area contributed by atoms with Crippen molar-refractivity contribution in [1.29, 1.82) is 0 Å². The molecule has 25 heavy (non-hydrogen) atoms. The number of aromatic nitrogens is 1. The van der Waals surface area contributed by atoms with Crippen molar-refractivity contribution in [2.75, 3.05) is 5.32 Å². The number of nitrogens with zero attached hydrogens (tertiary/aromatic N) is 1. The van der Waals surface area contributed by atoms with Crippen LogP contribution in [0.2, 0.25) is 0 Å². The van der Waals surface area contributed by atoms with E-state index in [0.29, 0.717) is 27.6 Å². The Morgan fingerprint density at radius 1 is 1.20 bits per heavy atom. The van der Waals surface area contributed by atoms with Gasteiger partial charge >= 0.3 is 0 Å². The first-order valence-corrected chi connectivity index (χ1v) is 8.87. The molecule has 2 N–H and O–H groups in total. The Morgan fingerprint density at radius 3 is 2.68 bits per heavy atom. The third-order valence-corrected chi connectivity index (χ3v) is 4.52. The maximum atomic E-state index is 12.3. The minimum Gasteiger partial charge on any atom is -0.440 e. The van der Waals surface area contributed by atoms with E-state index in [0.717, 1.165) is 0 Å². The van der Waals surface area contributed by atoms with Crippen molar-refractivity contribution in [3.05, 3.63) is 46.5 Å². The Balaban J connectivity index is 1.67. The quantitative estimate of drug-likeness (QED) is 0.728. The van der Waals surface area contributed by atoms with E-state index in [2.05, 4.69) is 15.6 Å². The van der Waals surface area contributed by atoms with Gasteiger partial charge in [0, 0.05) is 11.6 Å². The van der Waals surface area contributed by atoms with Gasteiger partial charge < -0.3 is 15.1 Å². The third-order valence-electron chi connectivity index (χ3n) is 3.65. The molecule has 0 bridgehead atoms. The molecule has 130 valence electrons. The molecule has 0 spiro atoms. The lowest BCUT2D eigenvalue weighted by molar-refractivity contribution is -0.117. The molecule has 0 aliphatic carbocycles. The van der Waals surface area contributed by atoms with Gasteiger partial charge in [-0.2, -0.15) is 0 Å². The van der Waals surface area contributed by atoms with Crippen molar-refractivity contribution in [2.45, 2.75) is 32.7 Å². The van der Waals surface area contributed by atoms with Crippen molar-refractivity contribution in [1.82, 2.24) is 10.3 Å². The van der Waals surface area contributed by atoms with E-state index in [1.54, 1.807) is 37.3 Å². The van der Waals surface area contributed by atoms with Crippen molar-refractivity contribution in [2.24, 2.45) is 0 Å². The van der Waals surface area contributed by atoms with Crippen LogP contribution in [0.3, 0.4) is 0 Å². The summed E-state index contributed by atoms with van der Waals surface area (Å²) >= 11 is 1.33. The van der Waals surface area contributed by atoms with Crippen molar-refractivity contribution < 1.29 is 14.0 Å². The van der Waals surface area contributed by atoms with Crippen LogP contribution in [0.15, 0.2) is 40.1 Å². The molecular formula is C18H19N3O3S. The first kappa shape index (κ1) is 17.2. The zero-order valence-electron chi connectivity index (χ0n) is 14.2. The summed E-state index contributed by atoms with van der Waals surface area (Å²) in [5.74, 6) is 0.302. The lowest BCUT2D eigenvalue weighted by Gasteiger charge is -2.13. The fraction of sp³-hybridized carbons (Fsp3) is 0.278. The number of hydrogen-bond acceptors (Lipinski definition) is 5. The van der Waals surface area contributed by atoms with Crippen LogP contribution in [-0.2, 0) is 4.79 Å². The van der Waals surface area contributed by atoms with Gasteiger partial charge in [0.2, 0.25) is 5.91 Å². The molecule has 3 aromatic rings. The number of rotatable bonds is 5. The lowest BCUT2D eigenvalue weighted by atomic mass is 10.2. The highest BCUT2D eigenvalue weighted by molar-refractivity contribution is 7.12. The molecule has 0 saturated heterocycles. The van der Waals surface area contributed by atoms with Crippen LogP contribution in [-0.4, -0.2) is 22.8 Å². The van der Waals surface area contributed by atoms with Gasteiger partial charge in [0.05, 0.1) is 4.88 Å². The van der Waals surface area contributed by atoms with Crippen LogP contribution in [0.25, 0.3) is 11.1 Å². The van der Waals surface area contributed by atoms with Crippen LogP contribution in [0.1, 0.15) is 42.3 Å². The van der Waals surface area contributed by atoms with E-state index >= 15 is 0 Å². The number of anilines is 1. The molecule has 1 atom stereocenters. The molecule has 2 amide bonds. The number of oxazole rings is 1. The molecule has 0 unspecified atom stereocenters. The lowest BCUT2D eigenvalue weighted by Crippen LogP contribution is -2.41. The molecule has 0 radical (unpaired) electrons. The average molecular weight is 357 g/mol. The van der Waals surface area contributed by atoms with Crippen LogP contribution in [0, 0.1) is 0 Å². The van der Waals surface area contributed by atoms with E-state index in [9.17, 15) is 9.59 Å². The van der Waals surface area contributed by atoms with Crippen LogP contribution in [0.4, 0.5) is 5.69 Å². The molecule has 3 rings (SSSR count). The average Bonchev–Trinajstić information content (AvgIpc) is 3.23. The maximum absolute atomic E-state index is 12.3. The van der Waals surface area contributed by atoms with E-state index in [1.807, 2.05) is 19.2 Å². The number of amides is 2. The number of fused-ring (bicyclic) bond motifs is 1. The molecule has 1 aromatic carbocycles. The summed E-state index contributed by atoms with van der Waals surface area (Å²) in [6, 6.07) is 8.14. The summed E-state index contributed by atoms with van der Waals surface area (Å²) in [5, 5.41) is 7.29. The largest absolute Gasteiger partial charge is 0.440 e. The monoisotopic (exact) mass is 357 g/mol. The summed E-state index contributed by atoms with van der Waals surface area (Å²) in [4.78, 5) is 29.3. The first-order chi connectivity index (χ1) is 11.9. The number of thiophene rings is 1. The van der Waals surface area contributed by atoms with Gasteiger partial charge in [0.1, 0.15) is 11.6 Å². The van der Waals surface area contributed by atoms with E-state index in [-0.39, 0.29) is 17.7 Å². The minimum absolute atomic E-state index is 0.193. The van der Waals surface area contributed by atoms with Crippen LogP contribution in [0.5, 0.6) is 0 Å². The standard InChI is InChI=1S/C18H19N3O3S/c1-10(2)18-21-13-9-12(6-7-14(13)24-18)20-16(22)11(3)19-17(23)15-5-4-8-25-15/h4-11H,1-3H3,(H,19,23)(H,20,22)/t11-/m1/s1. The highest BCUT2D eigenvalue weighted by Gasteiger charge is 2.18. The van der Waals surface area contributed by atoms with Crippen molar-refractivity contribution in [3.8, 4) is 0 Å². The van der Waals surface area contributed by atoms with E-state index in [4.69, 9.17) is 4.42 Å². The number of benzene rings is 1. The third kappa shape index (κ3) is 3.88. The number of carbonyl (C=O) groups is 2. The Kier molecular flexibility index (Phi) is 4.85. The second-order valence-corrected chi connectivity index (χ2v) is 7.00. The molecule has 2 aromatic heterocycles. The van der Waals surface area contributed by atoms with Crippen LogP contribution >= 0.6 is 11.3 Å². The highest BCUT2D eigenvalue weighted by Crippen LogP contribution is 2.23. The zero-order chi connectivity index (χ0) is 18.0. The van der Waals surface area contributed by atoms with Gasteiger partial charge in [0.25, 0.3) is 5.91 Å². The molecule has 2 heterocycles. The fourth-order valence-corrected chi connectivity index (χ4v) is 2.89. The molecule has 0 saturated carbocycles. The second-order valence-electron chi connectivity index (χ2n) is 6.05. The van der Waals surface area contributed by atoms with Gasteiger partial charge in [0.15, 0.2) is 11.5 Å². The number of carbonyl (C=O) groups excluding carboxylic acids is 2. The maximum Gasteiger partial charge on any atom is 0.261 e.